The van der Waals surface area contributed by atoms with Gasteiger partial charge < -0.3 is 4.74 Å². The molecule has 20 heavy (non-hydrogen) atoms. The molecule has 4 heteroatoms. The Morgan fingerprint density at radius 3 is 2.25 bits per heavy atom. The normalized spacial score (nSPS) is 11.7. The summed E-state index contributed by atoms with van der Waals surface area (Å²) in [5.41, 5.74) is 1.01. The number of rotatable bonds is 4. The maximum Gasteiger partial charge on any atom is 0.339 e. The monoisotopic (exact) mass is 380 g/mol. The highest BCUT2D eigenvalue weighted by atomic mass is 127. The Morgan fingerprint density at radius 1 is 1.00 bits per heavy atom. The SMILES string of the molecule is CC(OC(=O)c1ccccc1I)C(=O)c1ccccc1. The molecule has 0 fully saturated rings. The Morgan fingerprint density at radius 2 is 1.60 bits per heavy atom. The van der Waals surface area contributed by atoms with Gasteiger partial charge in [-0.1, -0.05) is 42.5 Å². The average molecular weight is 380 g/mol. The maximum absolute atomic E-state index is 12.1. The third-order valence-electron chi connectivity index (χ3n) is 2.81. The summed E-state index contributed by atoms with van der Waals surface area (Å²) in [6.45, 7) is 1.59. The summed E-state index contributed by atoms with van der Waals surface area (Å²) < 4.78 is 6.04. The topological polar surface area (TPSA) is 43.4 Å². The van der Waals surface area contributed by atoms with Crippen LogP contribution in [0.1, 0.15) is 27.6 Å². The number of Topliss-reactive ketones (excluding diaryl/α,β-unsaturated/α-hetero) is 1. The Bertz CT molecular complexity index is 623. The number of ether oxygens (including phenoxy) is 1. The lowest BCUT2D eigenvalue weighted by atomic mass is 10.1. The number of esters is 1. The molecule has 0 saturated carbocycles. The lowest BCUT2D eigenvalue weighted by molar-refractivity contribution is 0.0318. The van der Waals surface area contributed by atoms with Crippen molar-refractivity contribution in [3.8, 4) is 0 Å². The van der Waals surface area contributed by atoms with Crippen molar-refractivity contribution in [3.63, 3.8) is 0 Å². The van der Waals surface area contributed by atoms with Gasteiger partial charge >= 0.3 is 5.97 Å². The summed E-state index contributed by atoms with van der Waals surface area (Å²) in [4.78, 5) is 24.1. The van der Waals surface area contributed by atoms with E-state index >= 15 is 0 Å². The van der Waals surface area contributed by atoms with Crippen molar-refractivity contribution in [2.45, 2.75) is 13.0 Å². The molecule has 1 unspecified atom stereocenters. The van der Waals surface area contributed by atoms with E-state index in [1.54, 1.807) is 43.3 Å². The minimum atomic E-state index is -0.805. The van der Waals surface area contributed by atoms with E-state index in [1.165, 1.54) is 0 Å². The molecule has 0 heterocycles. The summed E-state index contributed by atoms with van der Waals surface area (Å²) >= 11 is 2.07. The molecule has 102 valence electrons. The van der Waals surface area contributed by atoms with E-state index in [1.807, 2.05) is 18.2 Å². The van der Waals surface area contributed by atoms with E-state index < -0.39 is 12.1 Å². The summed E-state index contributed by atoms with van der Waals surface area (Å²) in [5.74, 6) is -0.684. The smallest absolute Gasteiger partial charge is 0.339 e. The molecule has 2 aromatic carbocycles. The van der Waals surface area contributed by atoms with Gasteiger partial charge in [0, 0.05) is 9.13 Å². The standard InChI is InChI=1S/C16H13IO3/c1-11(15(18)12-7-3-2-4-8-12)20-16(19)13-9-5-6-10-14(13)17/h2-11H,1H3. The Balaban J connectivity index is 2.09. The number of carbonyl (C=O) groups excluding carboxylic acids is 2. The molecule has 0 aliphatic heterocycles. The highest BCUT2D eigenvalue weighted by molar-refractivity contribution is 14.1. The fourth-order valence-corrected chi connectivity index (χ4v) is 2.35. The van der Waals surface area contributed by atoms with Crippen LogP contribution in [0.2, 0.25) is 0 Å². The van der Waals surface area contributed by atoms with E-state index in [-0.39, 0.29) is 5.78 Å². The first kappa shape index (κ1) is 14.7. The number of ketones is 1. The molecule has 0 bridgehead atoms. The van der Waals surface area contributed by atoms with Gasteiger partial charge in [0.05, 0.1) is 5.56 Å². The van der Waals surface area contributed by atoms with Gasteiger partial charge in [-0.15, -0.1) is 0 Å². The van der Waals surface area contributed by atoms with Crippen molar-refractivity contribution in [1.29, 1.82) is 0 Å². The van der Waals surface area contributed by atoms with Crippen molar-refractivity contribution in [1.82, 2.24) is 0 Å². The largest absolute Gasteiger partial charge is 0.451 e. The molecule has 0 aliphatic carbocycles. The third kappa shape index (κ3) is 3.45. The van der Waals surface area contributed by atoms with Crippen molar-refractivity contribution in [2.24, 2.45) is 0 Å². The highest BCUT2D eigenvalue weighted by Crippen LogP contribution is 2.15. The molecule has 1 atom stereocenters. The minimum Gasteiger partial charge on any atom is -0.451 e. The van der Waals surface area contributed by atoms with Gasteiger partial charge in [0.15, 0.2) is 6.10 Å². The fourth-order valence-electron chi connectivity index (χ4n) is 1.74. The second-order valence-corrected chi connectivity index (χ2v) is 5.42. The van der Waals surface area contributed by atoms with Crippen molar-refractivity contribution in [2.75, 3.05) is 0 Å². The van der Waals surface area contributed by atoms with Crippen LogP contribution in [0.3, 0.4) is 0 Å². The van der Waals surface area contributed by atoms with Gasteiger partial charge in [0.1, 0.15) is 0 Å². The molecule has 0 saturated heterocycles. The molecular formula is C16H13IO3. The fraction of sp³-hybridized carbons (Fsp3) is 0.125. The average Bonchev–Trinajstić information content (AvgIpc) is 2.47. The van der Waals surface area contributed by atoms with Crippen molar-refractivity contribution in [3.05, 3.63) is 69.3 Å². The molecule has 0 N–H and O–H groups in total. The Kier molecular flexibility index (Phi) is 4.89. The molecule has 2 aromatic rings. The maximum atomic E-state index is 12.1. The van der Waals surface area contributed by atoms with E-state index in [4.69, 9.17) is 4.74 Å². The van der Waals surface area contributed by atoms with Gasteiger partial charge in [0.25, 0.3) is 0 Å². The van der Waals surface area contributed by atoms with Gasteiger partial charge in [-0.05, 0) is 41.6 Å². The first-order chi connectivity index (χ1) is 9.59. The number of hydrogen-bond acceptors (Lipinski definition) is 3. The van der Waals surface area contributed by atoms with Crippen LogP contribution in [0.15, 0.2) is 54.6 Å². The summed E-state index contributed by atoms with van der Waals surface area (Å²) in [5, 5.41) is 0. The molecule has 0 spiro atoms. The zero-order valence-electron chi connectivity index (χ0n) is 10.9. The van der Waals surface area contributed by atoms with Gasteiger partial charge in [-0.2, -0.15) is 0 Å². The summed E-state index contributed by atoms with van der Waals surface area (Å²) in [6, 6.07) is 15.9. The van der Waals surface area contributed by atoms with E-state index in [2.05, 4.69) is 22.6 Å². The second kappa shape index (κ2) is 6.65. The van der Waals surface area contributed by atoms with Gasteiger partial charge in [-0.25, -0.2) is 4.79 Å². The predicted molar refractivity (Wildman–Crippen MR) is 84.8 cm³/mol. The number of halogens is 1. The minimum absolute atomic E-state index is 0.204. The van der Waals surface area contributed by atoms with E-state index in [0.717, 1.165) is 3.57 Å². The molecule has 0 radical (unpaired) electrons. The number of carbonyl (C=O) groups is 2. The predicted octanol–water partition coefficient (Wildman–Crippen LogP) is 3.72. The van der Waals surface area contributed by atoms with Crippen LogP contribution in [0.4, 0.5) is 0 Å². The van der Waals surface area contributed by atoms with Crippen molar-refractivity contribution >= 4 is 34.3 Å². The second-order valence-electron chi connectivity index (χ2n) is 4.26. The summed E-state index contributed by atoms with van der Waals surface area (Å²) in [7, 11) is 0. The van der Waals surface area contributed by atoms with Crippen LogP contribution in [0.5, 0.6) is 0 Å². The zero-order chi connectivity index (χ0) is 14.5. The molecule has 0 aliphatic rings. The zero-order valence-corrected chi connectivity index (χ0v) is 13.0. The highest BCUT2D eigenvalue weighted by Gasteiger charge is 2.21. The number of benzene rings is 2. The van der Waals surface area contributed by atoms with Crippen LogP contribution in [0, 0.1) is 3.57 Å². The Hall–Kier alpha value is -1.69. The molecule has 2 rings (SSSR count). The van der Waals surface area contributed by atoms with Crippen LogP contribution in [-0.2, 0) is 4.74 Å². The van der Waals surface area contributed by atoms with Gasteiger partial charge in [-0.3, -0.25) is 4.79 Å². The van der Waals surface area contributed by atoms with E-state index in [9.17, 15) is 9.59 Å². The molecule has 0 amide bonds. The molecule has 0 aromatic heterocycles. The Labute approximate surface area is 131 Å². The van der Waals surface area contributed by atoms with Crippen LogP contribution in [-0.4, -0.2) is 17.9 Å². The first-order valence-electron chi connectivity index (χ1n) is 6.14. The van der Waals surface area contributed by atoms with Crippen LogP contribution in [0.25, 0.3) is 0 Å². The summed E-state index contributed by atoms with van der Waals surface area (Å²) in [6.07, 6.45) is -0.805. The molecule has 3 nitrogen and oxygen atoms in total. The van der Waals surface area contributed by atoms with Crippen molar-refractivity contribution < 1.29 is 14.3 Å². The quantitative estimate of drug-likeness (QED) is 0.461. The van der Waals surface area contributed by atoms with E-state index in [0.29, 0.717) is 11.1 Å². The van der Waals surface area contributed by atoms with Crippen LogP contribution < -0.4 is 0 Å². The third-order valence-corrected chi connectivity index (χ3v) is 3.75. The first-order valence-corrected chi connectivity index (χ1v) is 7.22. The lowest BCUT2D eigenvalue weighted by Gasteiger charge is -2.13. The lowest BCUT2D eigenvalue weighted by Crippen LogP contribution is -2.24. The molecular weight excluding hydrogens is 367 g/mol. The van der Waals surface area contributed by atoms with Crippen LogP contribution >= 0.6 is 22.6 Å². The number of hydrogen-bond donors (Lipinski definition) is 0. The van der Waals surface area contributed by atoms with Gasteiger partial charge in [0.2, 0.25) is 5.78 Å².